The Balaban J connectivity index is 1.12. The molecule has 0 spiro atoms. The molecule has 6 aromatic rings. The Morgan fingerprint density at radius 1 is 0.625 bits per heavy atom. The summed E-state index contributed by atoms with van der Waals surface area (Å²) in [5.74, 6) is -0.343. The van der Waals surface area contributed by atoms with Crippen molar-refractivity contribution >= 4 is 61.5 Å². The van der Waals surface area contributed by atoms with Gasteiger partial charge in [-0.05, 0) is 118 Å². The van der Waals surface area contributed by atoms with Gasteiger partial charge < -0.3 is 28.4 Å². The van der Waals surface area contributed by atoms with Gasteiger partial charge in [-0.3, -0.25) is 0 Å². The normalized spacial score (nSPS) is 11.0. The first kappa shape index (κ1) is 46.2. The number of hydrogen-bond acceptors (Lipinski definition) is 15. The van der Waals surface area contributed by atoms with E-state index >= 15 is 0 Å². The van der Waals surface area contributed by atoms with E-state index in [0.29, 0.717) is 76.0 Å². The van der Waals surface area contributed by atoms with Crippen LogP contribution in [0.5, 0.6) is 23.0 Å². The standard InChI is InChI=1S/C49H48N4O10S/c1-3-43(54)60-30-13-7-5-11-28-58-37-23-19-34(20-24-37)47(56)62-42-32-36(33-51-53-49-52-41-18-15-27-50-46(41)64-49)45(40-17-10-9-16-39(40)42)63-48(57)35-21-25-38(26-22-35)59-29-12-6-8-14-31-61-44(55)4-2/h3-4,9-10,15-27,32H,1-2,5-8,11-14,28-31,33H2. The van der Waals surface area contributed by atoms with E-state index < -0.39 is 23.9 Å². The average molecular weight is 885 g/mol. The Morgan fingerprint density at radius 2 is 1.17 bits per heavy atom. The summed E-state index contributed by atoms with van der Waals surface area (Å²) in [6.45, 7) is 8.45. The highest BCUT2D eigenvalue weighted by Gasteiger charge is 2.21. The molecule has 0 aliphatic heterocycles. The number of aromatic nitrogens is 2. The Bertz CT molecular complexity index is 2540. The van der Waals surface area contributed by atoms with E-state index in [9.17, 15) is 19.2 Å². The SMILES string of the molecule is C=CC(=O)OCCCCCCOc1ccc(C(=O)Oc2cc(CN=Nc3nc4cccnc4s3)c(OC(=O)c3ccc(OCCCCCCOC(=O)C=C)cc3)c3ccccc23)cc1. The van der Waals surface area contributed by atoms with Crippen molar-refractivity contribution in [3.63, 3.8) is 0 Å². The molecule has 14 nitrogen and oxygen atoms in total. The number of fused-ring (bicyclic) bond motifs is 2. The molecule has 0 fully saturated rings. The Kier molecular flexibility index (Phi) is 17.6. The zero-order valence-electron chi connectivity index (χ0n) is 35.3. The van der Waals surface area contributed by atoms with Gasteiger partial charge in [0.25, 0.3) is 0 Å². The summed E-state index contributed by atoms with van der Waals surface area (Å²) in [6, 6.07) is 25.8. The van der Waals surface area contributed by atoms with Crippen LogP contribution >= 0.6 is 11.3 Å². The summed E-state index contributed by atoms with van der Waals surface area (Å²) in [6.07, 6.45) is 10.8. The van der Waals surface area contributed by atoms with Crippen molar-refractivity contribution in [2.45, 2.75) is 57.9 Å². The Hall–Kier alpha value is -7.26. The number of carbonyl (C=O) groups excluding carboxylic acids is 4. The van der Waals surface area contributed by atoms with Crippen LogP contribution in [0, 0.1) is 0 Å². The molecule has 0 saturated heterocycles. The zero-order valence-corrected chi connectivity index (χ0v) is 36.1. The molecule has 4 aromatic carbocycles. The third kappa shape index (κ3) is 13.9. The van der Waals surface area contributed by atoms with Gasteiger partial charge in [0.2, 0.25) is 5.13 Å². The van der Waals surface area contributed by atoms with Crippen LogP contribution in [0.2, 0.25) is 0 Å². The summed E-state index contributed by atoms with van der Waals surface area (Å²) in [5, 5.41) is 10.2. The van der Waals surface area contributed by atoms with Crippen LogP contribution < -0.4 is 18.9 Å². The maximum atomic E-state index is 13.7. The maximum absolute atomic E-state index is 13.7. The molecule has 2 heterocycles. The van der Waals surface area contributed by atoms with Crippen molar-refractivity contribution in [2.75, 3.05) is 26.4 Å². The van der Waals surface area contributed by atoms with Gasteiger partial charge in [-0.25, -0.2) is 29.1 Å². The molecular weight excluding hydrogens is 837 g/mol. The van der Waals surface area contributed by atoms with E-state index in [1.165, 1.54) is 11.3 Å². The van der Waals surface area contributed by atoms with Crippen molar-refractivity contribution in [1.29, 1.82) is 0 Å². The molecule has 0 bridgehead atoms. The number of esters is 4. The van der Waals surface area contributed by atoms with Crippen LogP contribution in [0.15, 0.2) is 133 Å². The minimum Gasteiger partial charge on any atom is -0.494 e. The van der Waals surface area contributed by atoms with Gasteiger partial charge in [0.1, 0.15) is 33.3 Å². The fourth-order valence-corrected chi connectivity index (χ4v) is 7.06. The first-order chi connectivity index (χ1) is 31.3. The van der Waals surface area contributed by atoms with Crippen LogP contribution in [0.3, 0.4) is 0 Å². The number of rotatable bonds is 25. The number of carbonyl (C=O) groups is 4. The third-order valence-corrected chi connectivity index (χ3v) is 10.5. The number of ether oxygens (including phenoxy) is 6. The lowest BCUT2D eigenvalue weighted by molar-refractivity contribution is -0.138. The Labute approximate surface area is 374 Å². The molecule has 6 rings (SSSR count). The lowest BCUT2D eigenvalue weighted by Gasteiger charge is -2.16. The molecule has 0 radical (unpaired) electrons. The van der Waals surface area contributed by atoms with Gasteiger partial charge in [0.05, 0.1) is 44.1 Å². The molecule has 15 heteroatoms. The van der Waals surface area contributed by atoms with Gasteiger partial charge in [-0.15, -0.1) is 5.11 Å². The second-order valence-electron chi connectivity index (χ2n) is 14.2. The van der Waals surface area contributed by atoms with Gasteiger partial charge in [-0.1, -0.05) is 48.8 Å². The minimum absolute atomic E-state index is 0.0388. The van der Waals surface area contributed by atoms with Gasteiger partial charge in [0.15, 0.2) is 0 Å². The smallest absolute Gasteiger partial charge is 0.343 e. The quantitative estimate of drug-likeness (QED) is 0.0175. The first-order valence-corrected chi connectivity index (χ1v) is 21.7. The van der Waals surface area contributed by atoms with E-state index in [1.807, 2.05) is 6.07 Å². The topological polar surface area (TPSA) is 174 Å². The highest BCUT2D eigenvalue weighted by molar-refractivity contribution is 7.21. The van der Waals surface area contributed by atoms with Crippen LogP contribution in [0.25, 0.3) is 21.1 Å². The van der Waals surface area contributed by atoms with Crippen LogP contribution in [0.4, 0.5) is 5.13 Å². The number of benzene rings is 4. The maximum Gasteiger partial charge on any atom is 0.343 e. The monoisotopic (exact) mass is 884 g/mol. The molecular formula is C49H48N4O10S. The van der Waals surface area contributed by atoms with Crippen LogP contribution in [0.1, 0.15) is 77.6 Å². The molecule has 330 valence electrons. The fraction of sp³-hybridized carbons (Fsp3) is 0.265. The largest absolute Gasteiger partial charge is 0.494 e. The average Bonchev–Trinajstić information content (AvgIpc) is 3.74. The van der Waals surface area contributed by atoms with E-state index in [-0.39, 0.29) is 18.0 Å². The minimum atomic E-state index is -0.608. The number of thiazole rings is 1. The summed E-state index contributed by atoms with van der Waals surface area (Å²) in [7, 11) is 0. The number of unbranched alkanes of at least 4 members (excludes halogenated alkanes) is 6. The van der Waals surface area contributed by atoms with Crippen molar-refractivity contribution in [2.24, 2.45) is 10.2 Å². The summed E-state index contributed by atoms with van der Waals surface area (Å²) >= 11 is 1.29. The van der Waals surface area contributed by atoms with E-state index in [1.54, 1.807) is 91.1 Å². The van der Waals surface area contributed by atoms with Crippen LogP contribution in [-0.2, 0) is 25.6 Å². The summed E-state index contributed by atoms with van der Waals surface area (Å²) in [5.41, 5.74) is 1.75. The number of nitrogens with zero attached hydrogens (tertiary/aromatic N) is 4. The van der Waals surface area contributed by atoms with E-state index in [2.05, 4.69) is 33.4 Å². The lowest BCUT2D eigenvalue weighted by Crippen LogP contribution is -2.12. The number of hydrogen-bond donors (Lipinski definition) is 0. The predicted molar refractivity (Wildman–Crippen MR) is 243 cm³/mol. The third-order valence-electron chi connectivity index (χ3n) is 9.60. The highest BCUT2D eigenvalue weighted by Crippen LogP contribution is 2.39. The second-order valence-corrected chi connectivity index (χ2v) is 15.2. The molecule has 0 N–H and O–H groups in total. The number of azo groups is 1. The molecule has 2 aromatic heterocycles. The molecule has 0 amide bonds. The van der Waals surface area contributed by atoms with Gasteiger partial charge in [0, 0.05) is 34.7 Å². The lowest BCUT2D eigenvalue weighted by atomic mass is 10.0. The second kappa shape index (κ2) is 24.4. The van der Waals surface area contributed by atoms with Gasteiger partial charge >= 0.3 is 23.9 Å². The molecule has 0 atom stereocenters. The van der Waals surface area contributed by atoms with Crippen molar-refractivity contribution in [3.05, 3.63) is 139 Å². The Morgan fingerprint density at radius 3 is 1.73 bits per heavy atom. The highest BCUT2D eigenvalue weighted by atomic mass is 32.1. The van der Waals surface area contributed by atoms with Gasteiger partial charge in [-0.2, -0.15) is 5.11 Å². The van der Waals surface area contributed by atoms with Crippen molar-refractivity contribution in [1.82, 2.24) is 9.97 Å². The fourth-order valence-electron chi connectivity index (χ4n) is 6.31. The van der Waals surface area contributed by atoms with Crippen LogP contribution in [-0.4, -0.2) is 60.3 Å². The van der Waals surface area contributed by atoms with E-state index in [4.69, 9.17) is 28.4 Å². The summed E-state index contributed by atoms with van der Waals surface area (Å²) < 4.78 is 33.9. The molecule has 0 unspecified atom stereocenters. The predicted octanol–water partition coefficient (Wildman–Crippen LogP) is 10.9. The molecule has 0 aliphatic carbocycles. The first-order valence-electron chi connectivity index (χ1n) is 20.9. The summed E-state index contributed by atoms with van der Waals surface area (Å²) in [4.78, 5) is 59.2. The number of pyridine rings is 1. The molecule has 0 aliphatic rings. The van der Waals surface area contributed by atoms with E-state index in [0.717, 1.165) is 68.3 Å². The molecule has 64 heavy (non-hydrogen) atoms. The van der Waals surface area contributed by atoms with Crippen molar-refractivity contribution < 1.29 is 47.6 Å². The zero-order chi connectivity index (χ0) is 44.9. The van der Waals surface area contributed by atoms with Crippen molar-refractivity contribution in [3.8, 4) is 23.0 Å². The molecule has 0 saturated carbocycles.